The minimum absolute atomic E-state index is 0.0384. The van der Waals surface area contributed by atoms with Crippen LogP contribution in [0.15, 0.2) is 36.7 Å². The molecule has 4 aromatic rings. The van der Waals surface area contributed by atoms with Crippen LogP contribution in [0.25, 0.3) is 26.4 Å². The van der Waals surface area contributed by atoms with Crippen molar-refractivity contribution in [1.29, 1.82) is 0 Å². The van der Waals surface area contributed by atoms with E-state index in [1.807, 2.05) is 10.5 Å². The zero-order valence-electron chi connectivity index (χ0n) is 15.5. The van der Waals surface area contributed by atoms with Crippen molar-refractivity contribution in [1.82, 2.24) is 25.0 Å². The molecular weight excluding hydrogens is 393 g/mol. The van der Waals surface area contributed by atoms with Crippen molar-refractivity contribution in [2.45, 2.75) is 18.6 Å². The second-order valence-corrected chi connectivity index (χ2v) is 8.10. The Balaban J connectivity index is 1.51. The molecule has 0 bridgehead atoms. The average molecular weight is 411 g/mol. The molecule has 2 atom stereocenters. The van der Waals surface area contributed by atoms with Gasteiger partial charge in [0.15, 0.2) is 4.96 Å². The van der Waals surface area contributed by atoms with Crippen LogP contribution in [0.4, 0.5) is 4.39 Å². The quantitative estimate of drug-likeness (QED) is 0.482. The van der Waals surface area contributed by atoms with Crippen LogP contribution < -0.4 is 10.6 Å². The van der Waals surface area contributed by atoms with E-state index < -0.39 is 6.10 Å². The van der Waals surface area contributed by atoms with E-state index in [0.29, 0.717) is 34.9 Å². The molecule has 9 heteroatoms. The van der Waals surface area contributed by atoms with E-state index in [4.69, 9.17) is 0 Å². The molecule has 1 amide bonds. The van der Waals surface area contributed by atoms with Crippen LogP contribution in [-0.2, 0) is 0 Å². The number of aliphatic hydroxyl groups excluding tert-OH is 1. The van der Waals surface area contributed by atoms with Gasteiger partial charge >= 0.3 is 0 Å². The van der Waals surface area contributed by atoms with E-state index in [0.717, 1.165) is 15.8 Å². The molecule has 0 saturated carbocycles. The third-order valence-corrected chi connectivity index (χ3v) is 6.24. The molecule has 0 spiro atoms. The summed E-state index contributed by atoms with van der Waals surface area (Å²) in [5, 5.41) is 15.4. The molecule has 1 aromatic carbocycles. The molecule has 3 aromatic heterocycles. The number of nitrogens with one attached hydrogen (secondary N) is 2. The number of aliphatic hydroxyl groups is 1. The van der Waals surface area contributed by atoms with E-state index in [1.54, 1.807) is 31.6 Å². The molecule has 4 heterocycles. The predicted molar refractivity (Wildman–Crippen MR) is 109 cm³/mol. The number of rotatable bonds is 3. The van der Waals surface area contributed by atoms with E-state index in [-0.39, 0.29) is 17.8 Å². The first-order chi connectivity index (χ1) is 14.0. The molecule has 0 radical (unpaired) electrons. The number of halogens is 1. The first-order valence-electron chi connectivity index (χ1n) is 9.24. The lowest BCUT2D eigenvalue weighted by molar-refractivity contribution is 0.0958. The fourth-order valence-corrected chi connectivity index (χ4v) is 4.72. The van der Waals surface area contributed by atoms with Crippen LogP contribution in [0.1, 0.15) is 28.5 Å². The van der Waals surface area contributed by atoms with Crippen LogP contribution in [0, 0.1) is 5.82 Å². The Hall–Kier alpha value is -2.88. The molecule has 29 heavy (non-hydrogen) atoms. The highest BCUT2D eigenvalue weighted by molar-refractivity contribution is 7.23. The van der Waals surface area contributed by atoms with Gasteiger partial charge in [-0.25, -0.2) is 14.4 Å². The van der Waals surface area contributed by atoms with Crippen molar-refractivity contribution in [3.8, 4) is 11.3 Å². The van der Waals surface area contributed by atoms with Crippen molar-refractivity contribution >= 4 is 32.4 Å². The summed E-state index contributed by atoms with van der Waals surface area (Å²) in [6.07, 6.45) is 3.60. The SMILES string of the molecule is CNC(=O)c1cc2sc3nc(-c4ccc(C5CC(O)CN5)cc4F)cn3c2cn1. The van der Waals surface area contributed by atoms with E-state index in [2.05, 4.69) is 20.6 Å². The van der Waals surface area contributed by atoms with Gasteiger partial charge in [0.2, 0.25) is 0 Å². The third kappa shape index (κ3) is 3.07. The van der Waals surface area contributed by atoms with Gasteiger partial charge in [-0.2, -0.15) is 0 Å². The maximum absolute atomic E-state index is 14.8. The number of pyridine rings is 1. The van der Waals surface area contributed by atoms with Gasteiger partial charge in [0.05, 0.1) is 28.2 Å². The fourth-order valence-electron chi connectivity index (χ4n) is 3.71. The molecule has 3 N–H and O–H groups in total. The highest BCUT2D eigenvalue weighted by Gasteiger charge is 2.24. The van der Waals surface area contributed by atoms with Gasteiger partial charge in [0, 0.05) is 31.4 Å². The summed E-state index contributed by atoms with van der Waals surface area (Å²) in [6, 6.07) is 6.80. The first kappa shape index (κ1) is 18.2. The zero-order valence-corrected chi connectivity index (χ0v) is 16.3. The van der Waals surface area contributed by atoms with E-state index in [1.165, 1.54) is 17.4 Å². The lowest BCUT2D eigenvalue weighted by atomic mass is 10.0. The normalized spacial score (nSPS) is 19.3. The first-order valence-corrected chi connectivity index (χ1v) is 10.1. The molecule has 5 rings (SSSR count). The number of benzene rings is 1. The second kappa shape index (κ2) is 6.87. The number of nitrogens with zero attached hydrogens (tertiary/aromatic N) is 3. The maximum Gasteiger partial charge on any atom is 0.269 e. The van der Waals surface area contributed by atoms with Crippen LogP contribution in [0.2, 0.25) is 0 Å². The monoisotopic (exact) mass is 411 g/mol. The van der Waals surface area contributed by atoms with Crippen LogP contribution >= 0.6 is 11.3 Å². The lowest BCUT2D eigenvalue weighted by Gasteiger charge is -2.11. The minimum Gasteiger partial charge on any atom is -0.392 e. The van der Waals surface area contributed by atoms with Gasteiger partial charge in [-0.05, 0) is 30.2 Å². The fraction of sp³-hybridized carbons (Fsp3) is 0.250. The van der Waals surface area contributed by atoms with Gasteiger partial charge in [0.25, 0.3) is 5.91 Å². The molecule has 1 aliphatic heterocycles. The lowest BCUT2D eigenvalue weighted by Crippen LogP contribution is -2.18. The third-order valence-electron chi connectivity index (χ3n) is 5.22. The predicted octanol–water partition coefficient (Wildman–Crippen LogP) is 2.50. The van der Waals surface area contributed by atoms with Gasteiger partial charge in [-0.1, -0.05) is 17.4 Å². The Kier molecular flexibility index (Phi) is 4.30. The highest BCUT2D eigenvalue weighted by atomic mass is 32.1. The standard InChI is InChI=1S/C20H18FN5O2S/c1-22-19(28)15-6-18-17(8-24-15)26-9-16(25-20(26)29-18)12-3-2-10(4-13(12)21)14-5-11(27)7-23-14/h2-4,6,8-9,11,14,23,27H,5,7H2,1H3,(H,22,28). The summed E-state index contributed by atoms with van der Waals surface area (Å²) in [6.45, 7) is 0.522. The number of fused-ring (bicyclic) bond motifs is 3. The molecule has 1 saturated heterocycles. The maximum atomic E-state index is 14.8. The van der Waals surface area contributed by atoms with E-state index >= 15 is 0 Å². The molecule has 1 fully saturated rings. The highest BCUT2D eigenvalue weighted by Crippen LogP contribution is 2.32. The zero-order chi connectivity index (χ0) is 20.1. The Bertz CT molecular complexity index is 1250. The number of carbonyl (C=O) groups is 1. The van der Waals surface area contributed by atoms with Gasteiger partial charge < -0.3 is 15.7 Å². The van der Waals surface area contributed by atoms with Gasteiger partial charge in [-0.3, -0.25) is 9.20 Å². The Morgan fingerprint density at radius 1 is 1.41 bits per heavy atom. The number of carbonyl (C=O) groups excluding carboxylic acids is 1. The summed E-state index contributed by atoms with van der Waals surface area (Å²) in [5.41, 5.74) is 2.94. The molecule has 2 unspecified atom stereocenters. The number of imidazole rings is 1. The van der Waals surface area contributed by atoms with Crippen LogP contribution in [-0.4, -0.2) is 45.1 Å². The number of β-amino-alcohol motifs (C(OH)–C–C–N with tert-alkyl or cyclic N) is 1. The van der Waals surface area contributed by atoms with Crippen molar-refractivity contribution in [2.75, 3.05) is 13.6 Å². The van der Waals surface area contributed by atoms with Crippen molar-refractivity contribution in [3.63, 3.8) is 0 Å². The number of amides is 1. The molecular formula is C20H18FN5O2S. The molecule has 1 aliphatic rings. The largest absolute Gasteiger partial charge is 0.392 e. The van der Waals surface area contributed by atoms with Crippen LogP contribution in [0.5, 0.6) is 0 Å². The Labute approximate surface area is 169 Å². The minimum atomic E-state index is -0.395. The van der Waals surface area contributed by atoms with Gasteiger partial charge in [-0.15, -0.1) is 0 Å². The number of hydrogen-bond donors (Lipinski definition) is 3. The smallest absolute Gasteiger partial charge is 0.269 e. The molecule has 148 valence electrons. The second-order valence-electron chi connectivity index (χ2n) is 7.09. The summed E-state index contributed by atoms with van der Waals surface area (Å²) < 4.78 is 17.6. The van der Waals surface area contributed by atoms with Crippen LogP contribution in [0.3, 0.4) is 0 Å². The number of hydrogen-bond acceptors (Lipinski definition) is 6. The average Bonchev–Trinajstić information content (AvgIpc) is 3.41. The number of aromatic nitrogens is 3. The van der Waals surface area contributed by atoms with Gasteiger partial charge in [0.1, 0.15) is 11.5 Å². The Morgan fingerprint density at radius 3 is 3.00 bits per heavy atom. The summed E-state index contributed by atoms with van der Waals surface area (Å²) >= 11 is 1.42. The van der Waals surface area contributed by atoms with Crippen molar-refractivity contribution < 1.29 is 14.3 Å². The molecule has 0 aliphatic carbocycles. The summed E-state index contributed by atoms with van der Waals surface area (Å²) in [5.74, 6) is -0.592. The summed E-state index contributed by atoms with van der Waals surface area (Å²) in [7, 11) is 1.56. The van der Waals surface area contributed by atoms with Crippen molar-refractivity contribution in [3.05, 3.63) is 53.7 Å². The Morgan fingerprint density at radius 2 is 2.28 bits per heavy atom. The molecule has 7 nitrogen and oxygen atoms in total. The summed E-state index contributed by atoms with van der Waals surface area (Å²) in [4.78, 5) is 21.3. The van der Waals surface area contributed by atoms with Crippen molar-refractivity contribution in [2.24, 2.45) is 0 Å². The van der Waals surface area contributed by atoms with E-state index in [9.17, 15) is 14.3 Å². The topological polar surface area (TPSA) is 91.5 Å². The number of thiazole rings is 1.